The number of benzene rings is 1. The molecule has 3 aromatic rings. The fourth-order valence-corrected chi connectivity index (χ4v) is 2.64. The number of nitrogens with one attached hydrogen (secondary N) is 2. The maximum atomic E-state index is 13.1. The molecule has 1 aromatic carbocycles. The van der Waals surface area contributed by atoms with Crippen molar-refractivity contribution >= 4 is 23.2 Å². The number of carbonyl (C=O) groups is 1. The van der Waals surface area contributed by atoms with Crippen LogP contribution in [0.1, 0.15) is 28.5 Å². The molecule has 0 radical (unpaired) electrons. The van der Waals surface area contributed by atoms with Gasteiger partial charge in [0.05, 0.1) is 6.04 Å². The highest BCUT2D eigenvalue weighted by molar-refractivity contribution is 6.29. The minimum absolute atomic E-state index is 0.0258. The topological polar surface area (TPSA) is 99.5 Å². The van der Waals surface area contributed by atoms with Crippen LogP contribution in [0.2, 0.25) is 5.15 Å². The van der Waals surface area contributed by atoms with Crippen molar-refractivity contribution < 1.29 is 14.3 Å². The number of aliphatic hydroxyl groups excluding tert-OH is 1. The SMILES string of the molecule is O=C(NC(CCO)c1ccc(F)cc1)c1cn2c(=O)[nH]c(Cl)cc2n1. The van der Waals surface area contributed by atoms with E-state index in [0.717, 1.165) is 0 Å². The van der Waals surface area contributed by atoms with E-state index in [1.807, 2.05) is 0 Å². The van der Waals surface area contributed by atoms with Gasteiger partial charge in [-0.15, -0.1) is 0 Å². The van der Waals surface area contributed by atoms with Crippen molar-refractivity contribution in [3.63, 3.8) is 0 Å². The van der Waals surface area contributed by atoms with Gasteiger partial charge in [0.1, 0.15) is 22.3 Å². The van der Waals surface area contributed by atoms with Gasteiger partial charge in [-0.05, 0) is 24.1 Å². The molecule has 1 amide bonds. The Morgan fingerprint density at radius 3 is 2.80 bits per heavy atom. The van der Waals surface area contributed by atoms with Crippen LogP contribution in [0.3, 0.4) is 0 Å². The second kappa shape index (κ2) is 7.04. The van der Waals surface area contributed by atoms with Gasteiger partial charge in [0.25, 0.3) is 5.91 Å². The molecule has 0 aliphatic carbocycles. The Balaban J connectivity index is 1.87. The summed E-state index contributed by atoms with van der Waals surface area (Å²) in [5, 5.41) is 12.0. The van der Waals surface area contributed by atoms with E-state index in [-0.39, 0.29) is 29.5 Å². The van der Waals surface area contributed by atoms with E-state index < -0.39 is 23.5 Å². The molecular formula is C16H14ClFN4O3. The number of halogens is 2. The van der Waals surface area contributed by atoms with Crippen LogP contribution in [0.5, 0.6) is 0 Å². The standard InChI is InChI=1S/C16H14ClFN4O3/c17-13-7-14-19-12(8-22(14)16(25)21-13)15(24)20-11(5-6-23)9-1-3-10(18)4-2-9/h1-4,7-8,11,23H,5-6H2,(H,20,24)(H,21,25). The lowest BCUT2D eigenvalue weighted by atomic mass is 10.0. The average Bonchev–Trinajstić information content (AvgIpc) is 2.99. The van der Waals surface area contributed by atoms with Gasteiger partial charge < -0.3 is 10.4 Å². The third-order valence-electron chi connectivity index (χ3n) is 3.66. The molecule has 0 saturated heterocycles. The number of hydrogen-bond donors (Lipinski definition) is 3. The van der Waals surface area contributed by atoms with Gasteiger partial charge in [-0.25, -0.2) is 14.2 Å². The first kappa shape index (κ1) is 17.1. The van der Waals surface area contributed by atoms with Gasteiger partial charge in [0, 0.05) is 18.9 Å². The van der Waals surface area contributed by atoms with Crippen LogP contribution in [0, 0.1) is 5.82 Å². The summed E-state index contributed by atoms with van der Waals surface area (Å²) in [6, 6.07) is 6.51. The average molecular weight is 365 g/mol. The summed E-state index contributed by atoms with van der Waals surface area (Å²) >= 11 is 5.76. The van der Waals surface area contributed by atoms with Crippen molar-refractivity contribution in [1.82, 2.24) is 19.7 Å². The molecular weight excluding hydrogens is 351 g/mol. The van der Waals surface area contributed by atoms with Crippen LogP contribution in [0.4, 0.5) is 4.39 Å². The molecule has 0 spiro atoms. The number of nitrogens with zero attached hydrogens (tertiary/aromatic N) is 2. The highest BCUT2D eigenvalue weighted by Gasteiger charge is 2.18. The van der Waals surface area contributed by atoms with E-state index in [9.17, 15) is 19.1 Å². The molecule has 130 valence electrons. The molecule has 1 atom stereocenters. The van der Waals surface area contributed by atoms with Crippen molar-refractivity contribution in [1.29, 1.82) is 0 Å². The van der Waals surface area contributed by atoms with E-state index in [1.165, 1.54) is 40.9 Å². The Labute approximate surface area is 146 Å². The van der Waals surface area contributed by atoms with Gasteiger partial charge in [0.2, 0.25) is 0 Å². The highest BCUT2D eigenvalue weighted by atomic mass is 35.5. The summed E-state index contributed by atoms with van der Waals surface area (Å²) in [5.74, 6) is -0.920. The van der Waals surface area contributed by atoms with Crippen LogP contribution in [-0.4, -0.2) is 32.0 Å². The van der Waals surface area contributed by atoms with Crippen LogP contribution in [-0.2, 0) is 0 Å². The number of aromatic nitrogens is 3. The molecule has 2 aromatic heterocycles. The van der Waals surface area contributed by atoms with Crippen molar-refractivity contribution in [2.75, 3.05) is 6.61 Å². The number of aliphatic hydroxyl groups is 1. The lowest BCUT2D eigenvalue weighted by molar-refractivity contribution is 0.0925. The first-order chi connectivity index (χ1) is 12.0. The Bertz CT molecular complexity index is 968. The number of rotatable bonds is 5. The smallest absolute Gasteiger partial charge is 0.332 e. The molecule has 0 fully saturated rings. The number of aromatic amines is 1. The predicted molar refractivity (Wildman–Crippen MR) is 89.1 cm³/mol. The van der Waals surface area contributed by atoms with Gasteiger partial charge in [-0.3, -0.25) is 14.2 Å². The summed E-state index contributed by atoms with van der Waals surface area (Å²) < 4.78 is 14.2. The lowest BCUT2D eigenvalue weighted by Gasteiger charge is -2.17. The van der Waals surface area contributed by atoms with Crippen LogP contribution in [0.25, 0.3) is 5.65 Å². The first-order valence-corrected chi connectivity index (χ1v) is 7.81. The number of imidazole rings is 1. The van der Waals surface area contributed by atoms with E-state index >= 15 is 0 Å². The molecule has 0 saturated carbocycles. The van der Waals surface area contributed by atoms with Crippen LogP contribution in [0.15, 0.2) is 41.3 Å². The Morgan fingerprint density at radius 1 is 1.40 bits per heavy atom. The molecule has 3 N–H and O–H groups in total. The maximum Gasteiger partial charge on any atom is 0.332 e. The van der Waals surface area contributed by atoms with Crippen molar-refractivity contribution in [2.24, 2.45) is 0 Å². The number of fused-ring (bicyclic) bond motifs is 1. The van der Waals surface area contributed by atoms with Gasteiger partial charge >= 0.3 is 5.69 Å². The largest absolute Gasteiger partial charge is 0.396 e. The second-order valence-corrected chi connectivity index (χ2v) is 5.77. The maximum absolute atomic E-state index is 13.1. The predicted octanol–water partition coefficient (Wildman–Crippen LogP) is 1.67. The molecule has 0 aliphatic heterocycles. The quantitative estimate of drug-likeness (QED) is 0.599. The summed E-state index contributed by atoms with van der Waals surface area (Å²) in [6.07, 6.45) is 1.54. The fourth-order valence-electron chi connectivity index (χ4n) is 2.46. The van der Waals surface area contributed by atoms with E-state index in [2.05, 4.69) is 15.3 Å². The molecule has 9 heteroatoms. The minimum Gasteiger partial charge on any atom is -0.396 e. The first-order valence-electron chi connectivity index (χ1n) is 7.43. The van der Waals surface area contributed by atoms with Crippen molar-refractivity contribution in [3.05, 3.63) is 69.2 Å². The van der Waals surface area contributed by atoms with Gasteiger partial charge in [-0.2, -0.15) is 0 Å². The molecule has 2 heterocycles. The normalized spacial score (nSPS) is 12.3. The molecule has 1 unspecified atom stereocenters. The zero-order valence-electron chi connectivity index (χ0n) is 12.9. The summed E-state index contributed by atoms with van der Waals surface area (Å²) in [7, 11) is 0. The molecule has 25 heavy (non-hydrogen) atoms. The number of H-pyrrole nitrogens is 1. The third-order valence-corrected chi connectivity index (χ3v) is 3.87. The number of amides is 1. The van der Waals surface area contributed by atoms with Crippen LogP contribution < -0.4 is 11.0 Å². The molecule has 0 bridgehead atoms. The third kappa shape index (κ3) is 3.70. The molecule has 0 aliphatic rings. The zero-order valence-corrected chi connectivity index (χ0v) is 13.6. The molecule has 3 rings (SSSR count). The molecule has 7 nitrogen and oxygen atoms in total. The van der Waals surface area contributed by atoms with E-state index in [0.29, 0.717) is 5.56 Å². The monoisotopic (exact) mass is 364 g/mol. The summed E-state index contributed by atoms with van der Waals surface area (Å²) in [6.45, 7) is -0.164. The van der Waals surface area contributed by atoms with Gasteiger partial charge in [0.15, 0.2) is 0 Å². The fraction of sp³-hybridized carbons (Fsp3) is 0.188. The minimum atomic E-state index is -0.526. The number of hydrogen-bond acceptors (Lipinski definition) is 4. The lowest BCUT2D eigenvalue weighted by Crippen LogP contribution is -2.29. The second-order valence-electron chi connectivity index (χ2n) is 5.37. The van der Waals surface area contributed by atoms with E-state index in [1.54, 1.807) is 0 Å². The van der Waals surface area contributed by atoms with Crippen molar-refractivity contribution in [3.8, 4) is 0 Å². The number of carbonyl (C=O) groups excluding carboxylic acids is 1. The van der Waals surface area contributed by atoms with Gasteiger partial charge in [-0.1, -0.05) is 23.7 Å². The summed E-state index contributed by atoms with van der Waals surface area (Å²) in [5.41, 5.74) is 0.394. The summed E-state index contributed by atoms with van der Waals surface area (Å²) in [4.78, 5) is 30.7. The van der Waals surface area contributed by atoms with Crippen molar-refractivity contribution in [2.45, 2.75) is 12.5 Å². The Kier molecular flexibility index (Phi) is 4.82. The Morgan fingerprint density at radius 2 is 2.12 bits per heavy atom. The highest BCUT2D eigenvalue weighted by Crippen LogP contribution is 2.18. The van der Waals surface area contributed by atoms with E-state index in [4.69, 9.17) is 11.6 Å². The Hall–Kier alpha value is -2.71. The van der Waals surface area contributed by atoms with Crippen LogP contribution >= 0.6 is 11.6 Å². The zero-order chi connectivity index (χ0) is 18.0.